The number of carbonyl (C=O) groups is 2. The highest BCUT2D eigenvalue weighted by Gasteiger charge is 2.31. The van der Waals surface area contributed by atoms with Crippen molar-refractivity contribution < 1.29 is 19.1 Å². The maximum atomic E-state index is 13.0. The van der Waals surface area contributed by atoms with Gasteiger partial charge < -0.3 is 18.9 Å². The largest absolute Gasteiger partial charge is 0.469 e. The second-order valence-corrected chi connectivity index (χ2v) is 9.08. The Morgan fingerprint density at radius 1 is 1.19 bits per heavy atom. The van der Waals surface area contributed by atoms with Crippen molar-refractivity contribution in [2.45, 2.75) is 44.9 Å². The summed E-state index contributed by atoms with van der Waals surface area (Å²) in [6.07, 6.45) is 6.73. The highest BCUT2D eigenvalue weighted by Crippen LogP contribution is 2.39. The number of amides is 1. The Labute approximate surface area is 184 Å². The molecule has 1 unspecified atom stereocenters. The molecule has 168 valence electrons. The van der Waals surface area contributed by atoms with Crippen LogP contribution in [0.4, 0.5) is 0 Å². The fourth-order valence-electron chi connectivity index (χ4n) is 5.41. The highest BCUT2D eigenvalue weighted by molar-refractivity contribution is 5.99. The van der Waals surface area contributed by atoms with E-state index >= 15 is 0 Å². The van der Waals surface area contributed by atoms with E-state index in [9.17, 15) is 9.59 Å². The molecular formula is C25H34N2O4. The Hall–Kier alpha value is -2.34. The average molecular weight is 427 g/mol. The molecule has 1 saturated heterocycles. The summed E-state index contributed by atoms with van der Waals surface area (Å²) >= 11 is 0. The zero-order valence-electron chi connectivity index (χ0n) is 19.0. The molecule has 0 N–H and O–H groups in total. The molecule has 4 rings (SSSR count). The second kappa shape index (κ2) is 9.43. The van der Waals surface area contributed by atoms with Gasteiger partial charge in [-0.15, -0.1) is 0 Å². The molecular weight excluding hydrogens is 392 g/mol. The minimum absolute atomic E-state index is 0.00107. The van der Waals surface area contributed by atoms with Crippen molar-refractivity contribution in [3.05, 3.63) is 35.0 Å². The fourth-order valence-corrected chi connectivity index (χ4v) is 5.41. The maximum absolute atomic E-state index is 13.0. The Bertz CT molecular complexity index is 958. The van der Waals surface area contributed by atoms with Crippen molar-refractivity contribution >= 4 is 22.8 Å². The molecule has 31 heavy (non-hydrogen) atoms. The smallest absolute Gasteiger partial charge is 0.305 e. The first-order valence-corrected chi connectivity index (χ1v) is 11.5. The Morgan fingerprint density at radius 3 is 2.71 bits per heavy atom. The van der Waals surface area contributed by atoms with E-state index in [1.165, 1.54) is 48.5 Å². The highest BCUT2D eigenvalue weighted by atomic mass is 16.5. The summed E-state index contributed by atoms with van der Waals surface area (Å²) in [4.78, 5) is 26.0. The maximum Gasteiger partial charge on any atom is 0.305 e. The summed E-state index contributed by atoms with van der Waals surface area (Å²) in [6.45, 7) is 2.32. The van der Waals surface area contributed by atoms with Crippen molar-refractivity contribution in [2.75, 3.05) is 33.9 Å². The van der Waals surface area contributed by atoms with Gasteiger partial charge in [-0.3, -0.25) is 9.59 Å². The van der Waals surface area contributed by atoms with Gasteiger partial charge in [0.1, 0.15) is 0 Å². The summed E-state index contributed by atoms with van der Waals surface area (Å²) in [5.74, 6) is 1.23. The van der Waals surface area contributed by atoms with Crippen LogP contribution in [-0.4, -0.2) is 55.3 Å². The molecule has 1 amide bonds. The number of hydrogen-bond donors (Lipinski definition) is 0. The van der Waals surface area contributed by atoms with Crippen LogP contribution < -0.4 is 0 Å². The molecule has 6 heteroatoms. The first-order valence-electron chi connectivity index (χ1n) is 11.5. The number of aryl methyl sites for hydroxylation is 1. The van der Waals surface area contributed by atoms with Gasteiger partial charge >= 0.3 is 5.97 Å². The monoisotopic (exact) mass is 426 g/mol. The Kier molecular flexibility index (Phi) is 6.65. The molecule has 1 atom stereocenters. The molecule has 1 fully saturated rings. The molecule has 1 aliphatic carbocycles. The third kappa shape index (κ3) is 4.49. The number of methoxy groups -OCH3 is 1. The van der Waals surface area contributed by atoms with Gasteiger partial charge in [-0.25, -0.2) is 0 Å². The average Bonchev–Trinajstić information content (AvgIpc) is 3.09. The molecule has 2 aromatic rings. The number of carbonyl (C=O) groups excluding carboxylic acids is 2. The van der Waals surface area contributed by atoms with E-state index in [4.69, 9.17) is 4.74 Å². The number of rotatable bonds is 6. The zero-order valence-corrected chi connectivity index (χ0v) is 19.0. The number of benzene rings is 1. The van der Waals surface area contributed by atoms with Gasteiger partial charge in [-0.1, -0.05) is 0 Å². The standard InChI is InChI=1S/C25H34N2O4/c1-26(12-4-5-24(28)30-3)25(29)19-7-9-23-21(16-19)20-15-18(6-8-22(20)27(23)2)17-10-13-31-14-11-17/h7,9,16-18H,4-6,8,10-15H2,1-3H3. The Morgan fingerprint density at radius 2 is 1.97 bits per heavy atom. The van der Waals surface area contributed by atoms with E-state index in [-0.39, 0.29) is 11.9 Å². The summed E-state index contributed by atoms with van der Waals surface area (Å²) < 4.78 is 12.6. The number of aromatic nitrogens is 1. The molecule has 1 aliphatic heterocycles. The van der Waals surface area contributed by atoms with Crippen LogP contribution in [0.15, 0.2) is 18.2 Å². The third-order valence-corrected chi connectivity index (χ3v) is 7.28. The quantitative estimate of drug-likeness (QED) is 0.661. The van der Waals surface area contributed by atoms with Crippen molar-refractivity contribution in [3.8, 4) is 0 Å². The van der Waals surface area contributed by atoms with Crippen LogP contribution >= 0.6 is 0 Å². The van der Waals surface area contributed by atoms with Crippen molar-refractivity contribution in [1.29, 1.82) is 0 Å². The number of ether oxygens (including phenoxy) is 2. The lowest BCUT2D eigenvalue weighted by atomic mass is 9.75. The minimum atomic E-state index is -0.239. The predicted octanol–water partition coefficient (Wildman–Crippen LogP) is 3.74. The van der Waals surface area contributed by atoms with Crippen LogP contribution in [0.3, 0.4) is 0 Å². The van der Waals surface area contributed by atoms with Crippen molar-refractivity contribution in [1.82, 2.24) is 9.47 Å². The van der Waals surface area contributed by atoms with Crippen LogP contribution in [0.25, 0.3) is 10.9 Å². The van der Waals surface area contributed by atoms with Gasteiger partial charge in [-0.05, 0) is 74.1 Å². The normalized spacial score (nSPS) is 19.3. The van der Waals surface area contributed by atoms with Gasteiger partial charge in [0.25, 0.3) is 5.91 Å². The first-order chi connectivity index (χ1) is 15.0. The molecule has 0 saturated carbocycles. The van der Waals surface area contributed by atoms with E-state index in [1.54, 1.807) is 11.9 Å². The zero-order chi connectivity index (χ0) is 22.0. The topological polar surface area (TPSA) is 60.8 Å². The molecule has 0 bridgehead atoms. The van der Waals surface area contributed by atoms with Crippen LogP contribution in [0, 0.1) is 11.8 Å². The summed E-state index contributed by atoms with van der Waals surface area (Å²) in [7, 11) is 5.33. The lowest BCUT2D eigenvalue weighted by Crippen LogP contribution is -2.28. The summed E-state index contributed by atoms with van der Waals surface area (Å²) in [5, 5.41) is 1.23. The molecule has 2 aliphatic rings. The summed E-state index contributed by atoms with van der Waals surface area (Å²) in [5.41, 5.74) is 4.79. The third-order valence-electron chi connectivity index (χ3n) is 7.28. The summed E-state index contributed by atoms with van der Waals surface area (Å²) in [6, 6.07) is 6.11. The van der Waals surface area contributed by atoms with Crippen LogP contribution in [0.2, 0.25) is 0 Å². The van der Waals surface area contributed by atoms with E-state index in [2.05, 4.69) is 28.5 Å². The van der Waals surface area contributed by atoms with E-state index in [0.717, 1.165) is 37.5 Å². The second-order valence-electron chi connectivity index (χ2n) is 9.08. The molecule has 1 aromatic heterocycles. The lowest BCUT2D eigenvalue weighted by Gasteiger charge is -2.33. The number of nitrogens with zero attached hydrogens (tertiary/aromatic N) is 2. The fraction of sp³-hybridized carbons (Fsp3) is 0.600. The van der Waals surface area contributed by atoms with Crippen LogP contribution in [-0.2, 0) is 34.2 Å². The first kappa shape index (κ1) is 21.9. The van der Waals surface area contributed by atoms with Gasteiger partial charge in [0.2, 0.25) is 0 Å². The van der Waals surface area contributed by atoms with E-state index in [0.29, 0.717) is 25.3 Å². The van der Waals surface area contributed by atoms with Gasteiger partial charge in [0, 0.05) is 62.4 Å². The predicted molar refractivity (Wildman–Crippen MR) is 120 cm³/mol. The van der Waals surface area contributed by atoms with E-state index in [1.807, 2.05) is 6.07 Å². The molecule has 6 nitrogen and oxygen atoms in total. The number of hydrogen-bond acceptors (Lipinski definition) is 4. The number of fused-ring (bicyclic) bond motifs is 3. The SMILES string of the molecule is COC(=O)CCCN(C)C(=O)c1ccc2c(c1)c1c(n2C)CCC(C2CCOCC2)C1. The van der Waals surface area contributed by atoms with Crippen molar-refractivity contribution in [2.24, 2.45) is 18.9 Å². The molecule has 0 spiro atoms. The minimum Gasteiger partial charge on any atom is -0.469 e. The molecule has 1 aromatic carbocycles. The van der Waals surface area contributed by atoms with Gasteiger partial charge in [0.15, 0.2) is 0 Å². The lowest BCUT2D eigenvalue weighted by molar-refractivity contribution is -0.140. The van der Waals surface area contributed by atoms with Crippen molar-refractivity contribution in [3.63, 3.8) is 0 Å². The van der Waals surface area contributed by atoms with Crippen LogP contribution in [0.1, 0.15) is 53.7 Å². The van der Waals surface area contributed by atoms with Crippen LogP contribution in [0.5, 0.6) is 0 Å². The van der Waals surface area contributed by atoms with E-state index < -0.39 is 0 Å². The van der Waals surface area contributed by atoms with Gasteiger partial charge in [-0.2, -0.15) is 0 Å². The molecule has 2 heterocycles. The Balaban J connectivity index is 1.53. The van der Waals surface area contributed by atoms with Gasteiger partial charge in [0.05, 0.1) is 7.11 Å². The molecule has 0 radical (unpaired) electrons. The number of esters is 1.